The van der Waals surface area contributed by atoms with Gasteiger partial charge in [0.2, 0.25) is 0 Å². The molecule has 2 aliphatic carbocycles. The molecule has 0 spiro atoms. The van der Waals surface area contributed by atoms with Crippen LogP contribution in [-0.4, -0.2) is 118 Å². The Labute approximate surface area is 364 Å². The molecule has 0 radical (unpaired) electrons. The topological polar surface area (TPSA) is 36.9 Å². The van der Waals surface area contributed by atoms with Crippen molar-refractivity contribution in [2.24, 2.45) is 0 Å². The minimum atomic E-state index is -0.226. The van der Waals surface area contributed by atoms with E-state index in [4.69, 9.17) is 18.9 Å². The second-order valence-electron chi connectivity index (χ2n) is 19.8. The van der Waals surface area contributed by atoms with Crippen molar-refractivity contribution in [3.63, 3.8) is 0 Å². The van der Waals surface area contributed by atoms with Gasteiger partial charge in [-0.1, -0.05) is 98.5 Å². The lowest BCUT2D eigenvalue weighted by Gasteiger charge is -2.33. The van der Waals surface area contributed by atoms with E-state index >= 15 is 0 Å². The van der Waals surface area contributed by atoms with Crippen molar-refractivity contribution >= 4 is 0 Å². The van der Waals surface area contributed by atoms with Crippen molar-refractivity contribution in [2.45, 2.75) is 87.9 Å². The Morgan fingerprint density at radius 2 is 0.767 bits per heavy atom. The molecule has 0 bridgehead atoms. The van der Waals surface area contributed by atoms with Gasteiger partial charge in [0.25, 0.3) is 0 Å². The number of methoxy groups -OCH3 is 2. The van der Waals surface area contributed by atoms with Gasteiger partial charge in [0, 0.05) is 38.3 Å². The smallest absolute Gasteiger partial charge is 0.0780 e. The van der Waals surface area contributed by atoms with Crippen LogP contribution < -0.4 is 0 Å². The zero-order chi connectivity index (χ0) is 42.6. The summed E-state index contributed by atoms with van der Waals surface area (Å²) in [6.07, 6.45) is 14.5. The van der Waals surface area contributed by atoms with Crippen LogP contribution in [0.2, 0.25) is 0 Å². The number of quaternary nitrogens is 2. The van der Waals surface area contributed by atoms with Crippen LogP contribution in [-0.2, 0) is 29.8 Å². The summed E-state index contributed by atoms with van der Waals surface area (Å²) < 4.78 is 25.1. The van der Waals surface area contributed by atoms with E-state index in [1.165, 1.54) is 122 Å². The van der Waals surface area contributed by atoms with E-state index in [1.54, 1.807) is 25.3 Å². The predicted octanol–water partition coefficient (Wildman–Crippen LogP) is 11.3. The summed E-state index contributed by atoms with van der Waals surface area (Å²) in [4.78, 5) is 0. The molecule has 2 aliphatic rings. The Bertz CT molecular complexity index is 1920. The first-order chi connectivity index (χ1) is 28.9. The maximum atomic E-state index is 6.20. The van der Waals surface area contributed by atoms with Gasteiger partial charge in [0.15, 0.2) is 0 Å². The average molecular weight is 819 g/mol. The Morgan fingerprint density at radius 1 is 0.383 bits per heavy atom. The van der Waals surface area contributed by atoms with Crippen LogP contribution in [0.5, 0.6) is 0 Å². The number of unbranched alkanes of at least 4 members (excludes halogenated alkanes) is 6. The van der Waals surface area contributed by atoms with Gasteiger partial charge in [-0.3, -0.25) is 0 Å². The third-order valence-electron chi connectivity index (χ3n) is 13.4. The molecule has 0 saturated carbocycles. The van der Waals surface area contributed by atoms with Crippen molar-refractivity contribution in [2.75, 3.05) is 109 Å². The zero-order valence-corrected chi connectivity index (χ0v) is 38.8. The molecule has 60 heavy (non-hydrogen) atoms. The molecule has 6 rings (SSSR count). The molecule has 0 fully saturated rings. The first kappa shape index (κ1) is 46.2. The Kier molecular flexibility index (Phi) is 16.3. The van der Waals surface area contributed by atoms with Crippen molar-refractivity contribution in [3.8, 4) is 33.4 Å². The van der Waals surface area contributed by atoms with Gasteiger partial charge in [-0.25, -0.2) is 0 Å². The average Bonchev–Trinajstić information content (AvgIpc) is 3.66. The molecule has 0 N–H and O–H groups in total. The van der Waals surface area contributed by atoms with Crippen molar-refractivity contribution in [3.05, 3.63) is 107 Å². The third kappa shape index (κ3) is 11.2. The number of fused-ring (bicyclic) bond motifs is 6. The summed E-state index contributed by atoms with van der Waals surface area (Å²) in [5.41, 5.74) is 13.8. The molecule has 4 aromatic carbocycles. The summed E-state index contributed by atoms with van der Waals surface area (Å²) in [5.74, 6) is 0. The van der Waals surface area contributed by atoms with E-state index in [0.29, 0.717) is 39.6 Å². The molecule has 4 aromatic rings. The SMILES string of the molecule is COCCOCCC1(CCOCCOC)c2ccccc2-c2ccc(-c3ccc4c(c3)C(CCCCCC[N+](C)(C)C)(CCCCCC[N+](C)(C)C)c3ccccc3-4)cc21. The monoisotopic (exact) mass is 819 g/mol. The highest BCUT2D eigenvalue weighted by molar-refractivity contribution is 5.87. The highest BCUT2D eigenvalue weighted by atomic mass is 16.5. The molecule has 0 heterocycles. The van der Waals surface area contributed by atoms with Gasteiger partial charge in [0.1, 0.15) is 0 Å². The molecular formula is C54H78N2O4+2. The largest absolute Gasteiger partial charge is 0.382 e. The van der Waals surface area contributed by atoms with Gasteiger partial charge >= 0.3 is 0 Å². The molecule has 0 aromatic heterocycles. The summed E-state index contributed by atoms with van der Waals surface area (Å²) in [6.45, 7) is 6.18. The lowest BCUT2D eigenvalue weighted by atomic mass is 9.70. The number of ether oxygens (including phenoxy) is 4. The molecule has 0 amide bonds. The maximum Gasteiger partial charge on any atom is 0.0780 e. The first-order valence-electron chi connectivity index (χ1n) is 23.2. The molecule has 6 nitrogen and oxygen atoms in total. The summed E-state index contributed by atoms with van der Waals surface area (Å²) in [5, 5.41) is 0. The van der Waals surface area contributed by atoms with E-state index in [-0.39, 0.29) is 10.8 Å². The zero-order valence-electron chi connectivity index (χ0n) is 38.8. The lowest BCUT2D eigenvalue weighted by molar-refractivity contribution is -0.870. The highest BCUT2D eigenvalue weighted by Crippen LogP contribution is 2.56. The van der Waals surface area contributed by atoms with E-state index in [9.17, 15) is 0 Å². The van der Waals surface area contributed by atoms with E-state index in [1.807, 2.05) is 0 Å². The van der Waals surface area contributed by atoms with Gasteiger partial charge in [-0.05, 0) is 119 Å². The number of nitrogens with zero attached hydrogens (tertiary/aromatic N) is 2. The standard InChI is InChI=1S/C54H78N2O4/c1-55(2,3)33-19-11-9-17-29-53(30-18-10-12-20-34-56(4,5)6)49-23-15-13-21-45(49)47-27-25-43(41-51(47)53)44-26-28-48-46-22-14-16-24-50(46)54(52(48)42-44,31-35-59-39-37-57-7)32-36-60-40-38-58-8/h13-16,21-28,41-42H,9-12,17-20,29-40H2,1-8H3/q+2. The Balaban J connectivity index is 1.36. The van der Waals surface area contributed by atoms with Crippen molar-refractivity contribution in [1.82, 2.24) is 0 Å². The van der Waals surface area contributed by atoms with Gasteiger partial charge in [0.05, 0.1) is 81.8 Å². The number of rotatable bonds is 27. The van der Waals surface area contributed by atoms with E-state index in [0.717, 1.165) is 21.8 Å². The Morgan fingerprint density at radius 3 is 1.18 bits per heavy atom. The fourth-order valence-corrected chi connectivity index (χ4v) is 10.3. The fraction of sp³-hybridized carbons (Fsp3) is 0.556. The fourth-order valence-electron chi connectivity index (χ4n) is 10.3. The number of hydrogen-bond donors (Lipinski definition) is 0. The minimum absolute atomic E-state index is 0.0257. The number of hydrogen-bond acceptors (Lipinski definition) is 4. The third-order valence-corrected chi connectivity index (χ3v) is 13.4. The second kappa shape index (κ2) is 21.1. The van der Waals surface area contributed by atoms with Crippen molar-refractivity contribution < 1.29 is 27.9 Å². The molecule has 6 heteroatoms. The normalized spacial score (nSPS) is 14.9. The molecule has 326 valence electrons. The van der Waals surface area contributed by atoms with Crippen LogP contribution >= 0.6 is 0 Å². The maximum absolute atomic E-state index is 6.20. The molecule has 0 unspecified atom stereocenters. The minimum Gasteiger partial charge on any atom is -0.382 e. The van der Waals surface area contributed by atoms with Crippen LogP contribution in [0.1, 0.15) is 99.3 Å². The van der Waals surface area contributed by atoms with Gasteiger partial charge in [-0.15, -0.1) is 0 Å². The van der Waals surface area contributed by atoms with Crippen LogP contribution in [0.3, 0.4) is 0 Å². The quantitative estimate of drug-likeness (QED) is 0.0444. The predicted molar refractivity (Wildman–Crippen MR) is 251 cm³/mol. The van der Waals surface area contributed by atoms with Gasteiger partial charge in [-0.2, -0.15) is 0 Å². The summed E-state index contributed by atoms with van der Waals surface area (Å²) in [7, 11) is 17.4. The van der Waals surface area contributed by atoms with Crippen LogP contribution in [0, 0.1) is 0 Å². The number of benzene rings is 4. The second-order valence-corrected chi connectivity index (χ2v) is 19.8. The van der Waals surface area contributed by atoms with Crippen molar-refractivity contribution in [1.29, 1.82) is 0 Å². The van der Waals surface area contributed by atoms with Crippen LogP contribution in [0.15, 0.2) is 84.9 Å². The van der Waals surface area contributed by atoms with Crippen LogP contribution in [0.25, 0.3) is 33.4 Å². The Hall–Kier alpha value is -3.36. The molecule has 0 saturated heterocycles. The highest BCUT2D eigenvalue weighted by Gasteiger charge is 2.44. The first-order valence-corrected chi connectivity index (χ1v) is 23.2. The summed E-state index contributed by atoms with van der Waals surface area (Å²) >= 11 is 0. The summed E-state index contributed by atoms with van der Waals surface area (Å²) in [6, 6.07) is 33.2. The lowest BCUT2D eigenvalue weighted by Crippen LogP contribution is -2.35. The van der Waals surface area contributed by atoms with Gasteiger partial charge < -0.3 is 27.9 Å². The van der Waals surface area contributed by atoms with E-state index < -0.39 is 0 Å². The molecular weight excluding hydrogens is 741 g/mol. The van der Waals surface area contributed by atoms with E-state index in [2.05, 4.69) is 127 Å². The molecule has 0 atom stereocenters. The van der Waals surface area contributed by atoms with Crippen LogP contribution in [0.4, 0.5) is 0 Å². The molecule has 0 aliphatic heterocycles.